The van der Waals surface area contributed by atoms with E-state index in [0.717, 1.165) is 5.56 Å². The summed E-state index contributed by atoms with van der Waals surface area (Å²) in [6.07, 6.45) is 0. The molecule has 0 aliphatic carbocycles. The molecule has 0 aliphatic heterocycles. The van der Waals surface area contributed by atoms with Crippen LogP contribution in [0.3, 0.4) is 0 Å². The van der Waals surface area contributed by atoms with Crippen LogP contribution < -0.4 is 14.8 Å². The minimum Gasteiger partial charge on any atom is -0.497 e. The van der Waals surface area contributed by atoms with Crippen LogP contribution in [0.1, 0.15) is 24.1 Å². The van der Waals surface area contributed by atoms with Crippen molar-refractivity contribution in [2.75, 3.05) is 20.0 Å². The van der Waals surface area contributed by atoms with Gasteiger partial charge < -0.3 is 14.8 Å². The average molecular weight is 398 g/mol. The van der Waals surface area contributed by atoms with Crippen molar-refractivity contribution in [1.82, 2.24) is 5.32 Å². The Morgan fingerprint density at radius 2 is 2.00 bits per heavy atom. The maximum atomic E-state index is 13.7. The van der Waals surface area contributed by atoms with Gasteiger partial charge in [0.05, 0.1) is 26.0 Å². The lowest BCUT2D eigenvalue weighted by Crippen LogP contribution is -2.28. The molecule has 0 heterocycles. The first kappa shape index (κ1) is 20.4. The summed E-state index contributed by atoms with van der Waals surface area (Å²) >= 11 is 7.07. The first-order valence-electron chi connectivity index (χ1n) is 7.97. The summed E-state index contributed by atoms with van der Waals surface area (Å²) in [4.78, 5) is 12.2. The summed E-state index contributed by atoms with van der Waals surface area (Å²) in [6, 6.07) is 9.72. The molecule has 7 heteroatoms. The van der Waals surface area contributed by atoms with Crippen molar-refractivity contribution in [3.8, 4) is 11.5 Å². The third kappa shape index (κ3) is 5.54. The summed E-state index contributed by atoms with van der Waals surface area (Å²) in [5.74, 6) is 1.48. The van der Waals surface area contributed by atoms with Crippen molar-refractivity contribution in [2.45, 2.75) is 18.7 Å². The van der Waals surface area contributed by atoms with E-state index < -0.39 is 0 Å². The highest BCUT2D eigenvalue weighted by atomic mass is 35.5. The normalized spacial score (nSPS) is 11.7. The van der Waals surface area contributed by atoms with Crippen LogP contribution in [0.15, 0.2) is 36.4 Å². The van der Waals surface area contributed by atoms with Crippen molar-refractivity contribution < 1.29 is 18.7 Å². The number of carbonyl (C=O) groups excluding carboxylic acids is 1. The number of thioether (sulfide) groups is 1. The fraction of sp³-hybridized carbons (Fsp3) is 0.316. The van der Waals surface area contributed by atoms with Gasteiger partial charge in [-0.25, -0.2) is 4.39 Å². The van der Waals surface area contributed by atoms with Gasteiger partial charge in [0.15, 0.2) is 0 Å². The summed E-state index contributed by atoms with van der Waals surface area (Å²) in [5.41, 5.74) is 1.35. The largest absolute Gasteiger partial charge is 0.497 e. The Balaban J connectivity index is 1.91. The molecule has 0 aliphatic rings. The van der Waals surface area contributed by atoms with Gasteiger partial charge in [-0.3, -0.25) is 4.79 Å². The summed E-state index contributed by atoms with van der Waals surface area (Å²) in [6.45, 7) is 1.87. The highest BCUT2D eigenvalue weighted by Crippen LogP contribution is 2.29. The minimum atomic E-state index is -0.361. The Labute approximate surface area is 162 Å². The van der Waals surface area contributed by atoms with Crippen molar-refractivity contribution in [3.05, 3.63) is 58.4 Å². The molecule has 0 spiro atoms. The standard InChI is InChI=1S/C19H21ClFNO3S/c1-12(16-9-15(24-2)6-7-18(16)25-3)22-19(23)11-26-10-13-4-5-14(20)8-17(13)21/h4-9,12H,10-11H2,1-3H3,(H,22,23)/t12-/m1/s1. The smallest absolute Gasteiger partial charge is 0.230 e. The van der Waals surface area contributed by atoms with Crippen molar-refractivity contribution in [3.63, 3.8) is 0 Å². The Morgan fingerprint density at radius 3 is 2.65 bits per heavy atom. The van der Waals surface area contributed by atoms with E-state index in [1.54, 1.807) is 38.5 Å². The number of nitrogens with one attached hydrogen (secondary N) is 1. The van der Waals surface area contributed by atoms with Crippen LogP contribution in [0.4, 0.5) is 4.39 Å². The van der Waals surface area contributed by atoms with E-state index in [1.165, 1.54) is 17.8 Å². The van der Waals surface area contributed by atoms with Gasteiger partial charge in [-0.1, -0.05) is 17.7 Å². The quantitative estimate of drug-likeness (QED) is 0.706. The minimum absolute atomic E-state index is 0.137. The van der Waals surface area contributed by atoms with Crippen LogP contribution in [0.2, 0.25) is 5.02 Å². The van der Waals surface area contributed by atoms with E-state index >= 15 is 0 Å². The molecule has 1 atom stereocenters. The molecule has 1 amide bonds. The molecule has 0 saturated carbocycles. The van der Waals surface area contributed by atoms with Crippen LogP contribution in [-0.2, 0) is 10.5 Å². The third-order valence-corrected chi connectivity index (χ3v) is 5.00. The second kappa shape index (κ2) is 9.69. The van der Waals surface area contributed by atoms with Crippen LogP contribution >= 0.6 is 23.4 Å². The Morgan fingerprint density at radius 1 is 1.23 bits per heavy atom. The van der Waals surface area contributed by atoms with Crippen LogP contribution in [0.25, 0.3) is 0 Å². The SMILES string of the molecule is COc1ccc(OC)c([C@@H](C)NC(=O)CSCc2ccc(Cl)cc2F)c1. The summed E-state index contributed by atoms with van der Waals surface area (Å²) in [7, 11) is 3.16. The van der Waals surface area contributed by atoms with E-state index in [9.17, 15) is 9.18 Å². The number of hydrogen-bond donors (Lipinski definition) is 1. The molecule has 140 valence electrons. The first-order chi connectivity index (χ1) is 12.4. The molecule has 0 saturated heterocycles. The van der Waals surface area contributed by atoms with E-state index in [2.05, 4.69) is 5.32 Å². The molecule has 2 aromatic rings. The molecule has 1 N–H and O–H groups in total. The highest BCUT2D eigenvalue weighted by molar-refractivity contribution is 7.99. The third-order valence-electron chi connectivity index (χ3n) is 3.79. The number of benzene rings is 2. The summed E-state index contributed by atoms with van der Waals surface area (Å²) < 4.78 is 24.3. The predicted molar refractivity (Wildman–Crippen MR) is 104 cm³/mol. The number of methoxy groups -OCH3 is 2. The molecule has 0 bridgehead atoms. The fourth-order valence-corrected chi connectivity index (χ4v) is 3.41. The second-order valence-electron chi connectivity index (χ2n) is 5.63. The number of halogens is 2. The molecule has 2 rings (SSSR count). The molecule has 4 nitrogen and oxygen atoms in total. The summed E-state index contributed by atoms with van der Waals surface area (Å²) in [5, 5.41) is 3.28. The predicted octanol–water partition coefficient (Wildman–Crippen LogP) is 4.61. The second-order valence-corrected chi connectivity index (χ2v) is 7.05. The number of hydrogen-bond acceptors (Lipinski definition) is 4. The van der Waals surface area contributed by atoms with Gasteiger partial charge in [-0.05, 0) is 42.8 Å². The number of amides is 1. The first-order valence-corrected chi connectivity index (χ1v) is 9.50. The topological polar surface area (TPSA) is 47.6 Å². The molecule has 2 aromatic carbocycles. The van der Waals surface area contributed by atoms with Gasteiger partial charge in [0.1, 0.15) is 17.3 Å². The zero-order chi connectivity index (χ0) is 19.1. The Bertz CT molecular complexity index is 772. The number of rotatable bonds is 8. The van der Waals surface area contributed by atoms with Gasteiger partial charge in [0, 0.05) is 16.3 Å². The maximum absolute atomic E-state index is 13.7. The maximum Gasteiger partial charge on any atom is 0.230 e. The van der Waals surface area contributed by atoms with E-state index in [4.69, 9.17) is 21.1 Å². The van der Waals surface area contributed by atoms with Gasteiger partial charge in [-0.15, -0.1) is 11.8 Å². The molecular weight excluding hydrogens is 377 g/mol. The lowest BCUT2D eigenvalue weighted by Gasteiger charge is -2.18. The van der Waals surface area contributed by atoms with Crippen molar-refractivity contribution in [1.29, 1.82) is 0 Å². The van der Waals surface area contributed by atoms with E-state index in [1.807, 2.05) is 13.0 Å². The van der Waals surface area contributed by atoms with Crippen LogP contribution in [0.5, 0.6) is 11.5 Å². The zero-order valence-electron chi connectivity index (χ0n) is 14.8. The molecule has 0 aromatic heterocycles. The fourth-order valence-electron chi connectivity index (χ4n) is 2.43. The highest BCUT2D eigenvalue weighted by Gasteiger charge is 2.15. The van der Waals surface area contributed by atoms with Crippen molar-refractivity contribution >= 4 is 29.3 Å². The zero-order valence-corrected chi connectivity index (χ0v) is 16.4. The van der Waals surface area contributed by atoms with Crippen molar-refractivity contribution in [2.24, 2.45) is 0 Å². The van der Waals surface area contributed by atoms with E-state index in [-0.39, 0.29) is 23.5 Å². The van der Waals surface area contributed by atoms with Gasteiger partial charge in [0.2, 0.25) is 5.91 Å². The van der Waals surface area contributed by atoms with Crippen LogP contribution in [0, 0.1) is 5.82 Å². The molecule has 0 unspecified atom stereocenters. The Hall–Kier alpha value is -1.92. The number of carbonyl (C=O) groups is 1. The van der Waals surface area contributed by atoms with Crippen LogP contribution in [-0.4, -0.2) is 25.9 Å². The molecule has 26 heavy (non-hydrogen) atoms. The monoisotopic (exact) mass is 397 g/mol. The number of ether oxygens (including phenoxy) is 2. The molecule has 0 radical (unpaired) electrons. The van der Waals surface area contributed by atoms with Gasteiger partial charge in [0.25, 0.3) is 0 Å². The van der Waals surface area contributed by atoms with Gasteiger partial charge in [-0.2, -0.15) is 0 Å². The lowest BCUT2D eigenvalue weighted by molar-refractivity contribution is -0.119. The Kier molecular flexibility index (Phi) is 7.60. The lowest BCUT2D eigenvalue weighted by atomic mass is 10.1. The van der Waals surface area contributed by atoms with E-state index in [0.29, 0.717) is 27.8 Å². The molecule has 0 fully saturated rings. The molecular formula is C19H21ClFNO3S. The average Bonchev–Trinajstić information content (AvgIpc) is 2.62. The van der Waals surface area contributed by atoms with Gasteiger partial charge >= 0.3 is 0 Å².